The van der Waals surface area contributed by atoms with E-state index in [2.05, 4.69) is 22.9 Å². The van der Waals surface area contributed by atoms with Crippen LogP contribution in [0.15, 0.2) is 24.3 Å². The van der Waals surface area contributed by atoms with Crippen molar-refractivity contribution >= 4 is 23.2 Å². The molecule has 1 aromatic rings. The largest absolute Gasteiger partial charge is 0.376 e. The fraction of sp³-hybridized carbons (Fsp3) is 0.500. The number of hydrogen-bond acceptors (Lipinski definition) is 3. The summed E-state index contributed by atoms with van der Waals surface area (Å²) in [7, 11) is 0. The highest BCUT2D eigenvalue weighted by molar-refractivity contribution is 5.90. The van der Waals surface area contributed by atoms with Gasteiger partial charge in [-0.25, -0.2) is 0 Å². The fourth-order valence-corrected chi connectivity index (χ4v) is 1.77. The average molecular weight is 291 g/mol. The van der Waals surface area contributed by atoms with Crippen LogP contribution in [0.2, 0.25) is 0 Å². The lowest BCUT2D eigenvalue weighted by atomic mass is 10.2. The summed E-state index contributed by atoms with van der Waals surface area (Å²) in [4.78, 5) is 23.0. The van der Waals surface area contributed by atoms with Crippen LogP contribution >= 0.6 is 0 Å². The molecule has 0 radical (unpaired) electrons. The van der Waals surface area contributed by atoms with Gasteiger partial charge in [0, 0.05) is 24.3 Å². The van der Waals surface area contributed by atoms with Gasteiger partial charge in [-0.1, -0.05) is 20.3 Å². The third-order valence-corrected chi connectivity index (χ3v) is 2.95. The highest BCUT2D eigenvalue weighted by atomic mass is 16.2. The second-order valence-electron chi connectivity index (χ2n) is 4.93. The Morgan fingerprint density at radius 2 is 1.62 bits per heavy atom. The zero-order valence-electron chi connectivity index (χ0n) is 12.9. The molecule has 1 aromatic carbocycles. The summed E-state index contributed by atoms with van der Waals surface area (Å²) in [6.07, 6.45) is 3.42. The smallest absolute Gasteiger partial charge is 0.239 e. The molecule has 2 amide bonds. The van der Waals surface area contributed by atoms with Gasteiger partial charge in [-0.2, -0.15) is 0 Å². The molecule has 0 saturated carbocycles. The third-order valence-electron chi connectivity index (χ3n) is 2.95. The number of benzene rings is 1. The van der Waals surface area contributed by atoms with Crippen LogP contribution in [0.4, 0.5) is 11.4 Å². The Balaban J connectivity index is 2.33. The number of carbonyl (C=O) groups is 2. The van der Waals surface area contributed by atoms with Crippen LogP contribution in [-0.4, -0.2) is 24.9 Å². The summed E-state index contributed by atoms with van der Waals surface area (Å²) in [5.74, 6) is 0.0114. The van der Waals surface area contributed by atoms with Crippen molar-refractivity contribution in [2.24, 2.45) is 0 Å². The second-order valence-corrected chi connectivity index (χ2v) is 4.93. The van der Waals surface area contributed by atoms with Gasteiger partial charge in [-0.3, -0.25) is 9.59 Å². The molecule has 0 aromatic heterocycles. The molecular formula is C16H25N3O2. The molecule has 1 rings (SSSR count). The first-order chi connectivity index (χ1) is 10.2. The summed E-state index contributed by atoms with van der Waals surface area (Å²) < 4.78 is 0. The van der Waals surface area contributed by atoms with Crippen LogP contribution in [0.25, 0.3) is 0 Å². The van der Waals surface area contributed by atoms with Gasteiger partial charge in [-0.15, -0.1) is 0 Å². The molecule has 5 nitrogen and oxygen atoms in total. The molecule has 0 spiro atoms. The molecule has 3 N–H and O–H groups in total. The maximum Gasteiger partial charge on any atom is 0.239 e. The monoisotopic (exact) mass is 291 g/mol. The van der Waals surface area contributed by atoms with E-state index >= 15 is 0 Å². The van der Waals surface area contributed by atoms with Gasteiger partial charge in [0.25, 0.3) is 0 Å². The van der Waals surface area contributed by atoms with Gasteiger partial charge >= 0.3 is 0 Å². The van der Waals surface area contributed by atoms with Gasteiger partial charge in [0.1, 0.15) is 0 Å². The molecular weight excluding hydrogens is 266 g/mol. The Kier molecular flexibility index (Phi) is 7.94. The van der Waals surface area contributed by atoms with Crippen LogP contribution in [0.1, 0.15) is 39.5 Å². The molecule has 5 heteroatoms. The fourth-order valence-electron chi connectivity index (χ4n) is 1.77. The Morgan fingerprint density at radius 1 is 0.952 bits per heavy atom. The Labute approximate surface area is 126 Å². The van der Waals surface area contributed by atoms with E-state index in [9.17, 15) is 9.59 Å². The topological polar surface area (TPSA) is 70.2 Å². The molecule has 0 heterocycles. The molecule has 0 aliphatic heterocycles. The molecule has 0 bridgehead atoms. The minimum Gasteiger partial charge on any atom is -0.376 e. The molecule has 21 heavy (non-hydrogen) atoms. The zero-order chi connectivity index (χ0) is 15.5. The molecule has 0 atom stereocenters. The highest BCUT2D eigenvalue weighted by Gasteiger charge is 2.02. The number of rotatable bonds is 9. The number of nitrogens with one attached hydrogen (secondary N) is 3. The predicted molar refractivity (Wildman–Crippen MR) is 86.4 cm³/mol. The second kappa shape index (κ2) is 9.80. The van der Waals surface area contributed by atoms with Gasteiger partial charge in [0.05, 0.1) is 6.54 Å². The van der Waals surface area contributed by atoms with Crippen LogP contribution in [-0.2, 0) is 9.59 Å². The van der Waals surface area contributed by atoms with Crippen molar-refractivity contribution in [3.8, 4) is 0 Å². The first-order valence-corrected chi connectivity index (χ1v) is 7.56. The maximum atomic E-state index is 11.5. The maximum absolute atomic E-state index is 11.5. The summed E-state index contributed by atoms with van der Waals surface area (Å²) in [6.45, 7) is 5.04. The summed E-state index contributed by atoms with van der Waals surface area (Å²) >= 11 is 0. The summed E-state index contributed by atoms with van der Waals surface area (Å²) in [5.41, 5.74) is 1.63. The van der Waals surface area contributed by atoms with Crippen molar-refractivity contribution in [1.29, 1.82) is 0 Å². The van der Waals surface area contributed by atoms with Crippen molar-refractivity contribution in [2.45, 2.75) is 39.5 Å². The van der Waals surface area contributed by atoms with Gasteiger partial charge in [0.15, 0.2) is 0 Å². The Morgan fingerprint density at radius 3 is 2.24 bits per heavy atom. The number of anilines is 2. The van der Waals surface area contributed by atoms with E-state index in [0.717, 1.165) is 37.2 Å². The minimum atomic E-state index is -0.0104. The van der Waals surface area contributed by atoms with Gasteiger partial charge in [0.2, 0.25) is 11.8 Å². The minimum absolute atomic E-state index is 0.0104. The number of unbranched alkanes of at least 4 members (excludes halogenated alkanes) is 1. The van der Waals surface area contributed by atoms with Crippen LogP contribution in [0.5, 0.6) is 0 Å². The molecule has 0 fully saturated rings. The standard InChI is InChI=1S/C16H25N3O2/c1-3-5-11-17-16(21)12-18-13-7-9-14(10-8-13)19-15(20)6-4-2/h7-10,18H,3-6,11-12H2,1-2H3,(H,17,21)(H,19,20). The lowest BCUT2D eigenvalue weighted by molar-refractivity contribution is -0.119. The number of carbonyl (C=O) groups excluding carboxylic acids is 2. The van der Waals surface area contributed by atoms with E-state index in [1.165, 1.54) is 0 Å². The zero-order valence-corrected chi connectivity index (χ0v) is 12.9. The molecule has 0 aliphatic rings. The Bertz CT molecular complexity index is 443. The lowest BCUT2D eigenvalue weighted by Gasteiger charge is -2.09. The van der Waals surface area contributed by atoms with Crippen LogP contribution in [0, 0.1) is 0 Å². The van der Waals surface area contributed by atoms with Crippen molar-refractivity contribution in [3.63, 3.8) is 0 Å². The average Bonchev–Trinajstić information content (AvgIpc) is 2.47. The summed E-state index contributed by atoms with van der Waals surface area (Å²) in [5, 5.41) is 8.72. The van der Waals surface area contributed by atoms with Crippen molar-refractivity contribution in [1.82, 2.24) is 5.32 Å². The molecule has 0 saturated heterocycles. The SMILES string of the molecule is CCCCNC(=O)CNc1ccc(NC(=O)CCC)cc1. The predicted octanol–water partition coefficient (Wildman–Crippen LogP) is 2.75. The Hall–Kier alpha value is -2.04. The van der Waals surface area contributed by atoms with Gasteiger partial charge < -0.3 is 16.0 Å². The first-order valence-electron chi connectivity index (χ1n) is 7.56. The normalized spacial score (nSPS) is 10.0. The van der Waals surface area contributed by atoms with E-state index < -0.39 is 0 Å². The molecule has 0 aliphatic carbocycles. The van der Waals surface area contributed by atoms with E-state index in [0.29, 0.717) is 6.42 Å². The number of amides is 2. The van der Waals surface area contributed by atoms with Crippen molar-refractivity contribution < 1.29 is 9.59 Å². The van der Waals surface area contributed by atoms with E-state index in [1.54, 1.807) is 0 Å². The van der Waals surface area contributed by atoms with E-state index in [4.69, 9.17) is 0 Å². The summed E-state index contributed by atoms with van der Waals surface area (Å²) in [6, 6.07) is 7.34. The van der Waals surface area contributed by atoms with E-state index in [1.807, 2.05) is 31.2 Å². The van der Waals surface area contributed by atoms with Crippen LogP contribution < -0.4 is 16.0 Å². The van der Waals surface area contributed by atoms with Crippen molar-refractivity contribution in [2.75, 3.05) is 23.7 Å². The van der Waals surface area contributed by atoms with Crippen molar-refractivity contribution in [3.05, 3.63) is 24.3 Å². The third kappa shape index (κ3) is 7.34. The highest BCUT2D eigenvalue weighted by Crippen LogP contribution is 2.13. The first kappa shape index (κ1) is 17.0. The van der Waals surface area contributed by atoms with Crippen LogP contribution in [0.3, 0.4) is 0 Å². The quantitative estimate of drug-likeness (QED) is 0.613. The molecule has 116 valence electrons. The van der Waals surface area contributed by atoms with Gasteiger partial charge in [-0.05, 0) is 37.1 Å². The van der Waals surface area contributed by atoms with E-state index in [-0.39, 0.29) is 18.4 Å². The lowest BCUT2D eigenvalue weighted by Crippen LogP contribution is -2.30. The number of hydrogen-bond donors (Lipinski definition) is 3. The molecule has 0 unspecified atom stereocenters.